The average molecular weight is 338 g/mol. The Bertz CT molecular complexity index is 820. The van der Waals surface area contributed by atoms with Gasteiger partial charge in [0.25, 0.3) is 5.91 Å². The van der Waals surface area contributed by atoms with Crippen LogP contribution in [-0.2, 0) is 4.79 Å². The summed E-state index contributed by atoms with van der Waals surface area (Å²) >= 11 is 6.27. The zero-order valence-corrected chi connectivity index (χ0v) is 13.7. The zero-order chi connectivity index (χ0) is 16.8. The summed E-state index contributed by atoms with van der Waals surface area (Å²) in [6.45, 7) is -0.0979. The molecule has 1 amide bonds. The fraction of sp³-hybridized carbons (Fsp3) is 0.0500. The smallest absolute Gasteiger partial charge is 0.262 e. The lowest BCUT2D eigenvalue weighted by Gasteiger charge is -2.10. The number of hydrogen-bond donors (Lipinski definition) is 1. The number of para-hydroxylation sites is 1. The zero-order valence-electron chi connectivity index (χ0n) is 12.9. The minimum Gasteiger partial charge on any atom is -0.482 e. The highest BCUT2D eigenvalue weighted by atomic mass is 35.5. The third-order valence-electron chi connectivity index (χ3n) is 3.46. The highest BCUT2D eigenvalue weighted by Crippen LogP contribution is 2.30. The highest BCUT2D eigenvalue weighted by molar-refractivity contribution is 6.32. The van der Waals surface area contributed by atoms with Crippen molar-refractivity contribution in [3.8, 4) is 16.9 Å². The topological polar surface area (TPSA) is 38.3 Å². The van der Waals surface area contributed by atoms with E-state index in [4.69, 9.17) is 16.3 Å². The van der Waals surface area contributed by atoms with Crippen LogP contribution in [0.25, 0.3) is 11.1 Å². The Hall–Kier alpha value is -2.78. The average Bonchev–Trinajstić information content (AvgIpc) is 2.62. The normalized spacial score (nSPS) is 10.2. The number of anilines is 1. The molecule has 3 aromatic rings. The number of benzene rings is 3. The number of carbonyl (C=O) groups is 1. The van der Waals surface area contributed by atoms with Crippen LogP contribution in [0.2, 0.25) is 5.02 Å². The van der Waals surface area contributed by atoms with E-state index in [1.807, 2.05) is 72.8 Å². The van der Waals surface area contributed by atoms with E-state index in [1.54, 1.807) is 6.07 Å². The van der Waals surface area contributed by atoms with Gasteiger partial charge in [-0.3, -0.25) is 4.79 Å². The van der Waals surface area contributed by atoms with Crippen molar-refractivity contribution in [2.45, 2.75) is 0 Å². The maximum absolute atomic E-state index is 11.9. The lowest BCUT2D eigenvalue weighted by atomic mass is 10.1. The Morgan fingerprint density at radius 1 is 0.875 bits per heavy atom. The molecule has 0 fully saturated rings. The van der Waals surface area contributed by atoms with Crippen molar-refractivity contribution in [1.82, 2.24) is 0 Å². The number of hydrogen-bond acceptors (Lipinski definition) is 2. The molecule has 0 aliphatic rings. The van der Waals surface area contributed by atoms with Gasteiger partial charge in [-0.1, -0.05) is 66.2 Å². The fourth-order valence-corrected chi connectivity index (χ4v) is 2.53. The minimum atomic E-state index is -0.232. The molecule has 0 spiro atoms. The lowest BCUT2D eigenvalue weighted by Crippen LogP contribution is -2.20. The van der Waals surface area contributed by atoms with E-state index in [0.717, 1.165) is 16.8 Å². The second kappa shape index (κ2) is 7.66. The first kappa shape index (κ1) is 16.1. The Kier molecular flexibility index (Phi) is 5.14. The molecular weight excluding hydrogens is 322 g/mol. The van der Waals surface area contributed by atoms with Crippen LogP contribution in [0, 0.1) is 0 Å². The second-order valence-corrected chi connectivity index (χ2v) is 5.62. The van der Waals surface area contributed by atoms with Crippen LogP contribution in [0.5, 0.6) is 5.75 Å². The summed E-state index contributed by atoms with van der Waals surface area (Å²) in [6, 6.07) is 24.7. The van der Waals surface area contributed by atoms with Crippen molar-refractivity contribution in [3.63, 3.8) is 0 Å². The second-order valence-electron chi connectivity index (χ2n) is 5.21. The van der Waals surface area contributed by atoms with Gasteiger partial charge >= 0.3 is 0 Å². The van der Waals surface area contributed by atoms with Crippen LogP contribution < -0.4 is 10.1 Å². The highest BCUT2D eigenvalue weighted by Gasteiger charge is 2.08. The van der Waals surface area contributed by atoms with Crippen LogP contribution in [0.3, 0.4) is 0 Å². The fourth-order valence-electron chi connectivity index (χ4n) is 2.29. The van der Waals surface area contributed by atoms with Crippen molar-refractivity contribution in [3.05, 3.63) is 83.9 Å². The first-order chi connectivity index (χ1) is 11.7. The van der Waals surface area contributed by atoms with Gasteiger partial charge in [0.05, 0.1) is 5.02 Å². The Morgan fingerprint density at radius 3 is 2.21 bits per heavy atom. The number of amides is 1. The van der Waals surface area contributed by atoms with Gasteiger partial charge in [0, 0.05) is 5.69 Å². The molecule has 0 saturated heterocycles. The molecule has 0 atom stereocenters. The molecule has 0 saturated carbocycles. The third-order valence-corrected chi connectivity index (χ3v) is 3.75. The van der Waals surface area contributed by atoms with Gasteiger partial charge in [0.15, 0.2) is 6.61 Å². The summed E-state index contributed by atoms with van der Waals surface area (Å²) < 4.78 is 5.52. The van der Waals surface area contributed by atoms with E-state index in [1.165, 1.54) is 0 Å². The molecule has 3 nitrogen and oxygen atoms in total. The molecule has 120 valence electrons. The first-order valence-corrected chi connectivity index (χ1v) is 7.93. The van der Waals surface area contributed by atoms with E-state index in [2.05, 4.69) is 5.32 Å². The summed E-state index contributed by atoms with van der Waals surface area (Å²) in [5.74, 6) is 0.254. The molecule has 1 N–H and O–H groups in total. The van der Waals surface area contributed by atoms with Crippen LogP contribution in [0.1, 0.15) is 0 Å². The van der Waals surface area contributed by atoms with E-state index < -0.39 is 0 Å². The molecule has 0 bridgehead atoms. The van der Waals surface area contributed by atoms with Gasteiger partial charge in [0.1, 0.15) is 5.75 Å². The first-order valence-electron chi connectivity index (χ1n) is 7.55. The molecule has 0 heterocycles. The van der Waals surface area contributed by atoms with E-state index >= 15 is 0 Å². The minimum absolute atomic E-state index is 0.0979. The molecular formula is C20H16ClNO2. The number of ether oxygens (including phenoxy) is 1. The van der Waals surface area contributed by atoms with Crippen molar-refractivity contribution in [2.75, 3.05) is 11.9 Å². The van der Waals surface area contributed by atoms with Crippen molar-refractivity contribution in [1.29, 1.82) is 0 Å². The SMILES string of the molecule is O=C(COc1ccc(-c2ccccc2)cc1Cl)Nc1ccccc1. The molecule has 0 aliphatic heterocycles. The molecule has 4 heteroatoms. The lowest BCUT2D eigenvalue weighted by molar-refractivity contribution is -0.118. The Labute approximate surface area is 145 Å². The number of carbonyl (C=O) groups excluding carboxylic acids is 1. The molecule has 0 unspecified atom stereocenters. The summed E-state index contributed by atoms with van der Waals surface area (Å²) in [5, 5.41) is 3.24. The summed E-state index contributed by atoms with van der Waals surface area (Å²) in [4.78, 5) is 11.9. The van der Waals surface area contributed by atoms with Crippen molar-refractivity contribution in [2.24, 2.45) is 0 Å². The number of halogens is 1. The van der Waals surface area contributed by atoms with Gasteiger partial charge in [-0.05, 0) is 35.4 Å². The molecule has 0 aromatic heterocycles. The Morgan fingerprint density at radius 2 is 1.54 bits per heavy atom. The van der Waals surface area contributed by atoms with E-state index in [9.17, 15) is 4.79 Å². The molecule has 3 aromatic carbocycles. The van der Waals surface area contributed by atoms with Crippen molar-refractivity contribution < 1.29 is 9.53 Å². The summed E-state index contributed by atoms with van der Waals surface area (Å²) in [5.41, 5.74) is 2.81. The Balaban J connectivity index is 1.62. The van der Waals surface area contributed by atoms with E-state index in [-0.39, 0.29) is 12.5 Å². The van der Waals surface area contributed by atoms with Crippen LogP contribution in [-0.4, -0.2) is 12.5 Å². The predicted molar refractivity (Wildman–Crippen MR) is 97.5 cm³/mol. The van der Waals surface area contributed by atoms with Gasteiger partial charge in [0.2, 0.25) is 0 Å². The van der Waals surface area contributed by atoms with Crippen LogP contribution >= 0.6 is 11.6 Å². The van der Waals surface area contributed by atoms with Gasteiger partial charge in [-0.2, -0.15) is 0 Å². The summed E-state index contributed by atoms with van der Waals surface area (Å²) in [7, 11) is 0. The third kappa shape index (κ3) is 4.15. The van der Waals surface area contributed by atoms with Crippen molar-refractivity contribution >= 4 is 23.2 Å². The van der Waals surface area contributed by atoms with Gasteiger partial charge in [-0.15, -0.1) is 0 Å². The summed E-state index contributed by atoms with van der Waals surface area (Å²) in [6.07, 6.45) is 0. The standard InChI is InChI=1S/C20H16ClNO2/c21-18-13-16(15-7-3-1-4-8-15)11-12-19(18)24-14-20(23)22-17-9-5-2-6-10-17/h1-13H,14H2,(H,22,23). The predicted octanol–water partition coefficient (Wildman–Crippen LogP) is 5.02. The molecule has 3 rings (SSSR count). The van der Waals surface area contributed by atoms with Crippen LogP contribution in [0.15, 0.2) is 78.9 Å². The molecule has 0 radical (unpaired) electrons. The largest absolute Gasteiger partial charge is 0.482 e. The van der Waals surface area contributed by atoms with Gasteiger partial charge in [-0.25, -0.2) is 0 Å². The number of rotatable bonds is 5. The monoisotopic (exact) mass is 337 g/mol. The maximum Gasteiger partial charge on any atom is 0.262 e. The molecule has 0 aliphatic carbocycles. The molecule has 24 heavy (non-hydrogen) atoms. The number of nitrogens with one attached hydrogen (secondary N) is 1. The quantitative estimate of drug-likeness (QED) is 0.709. The van der Waals surface area contributed by atoms with Gasteiger partial charge < -0.3 is 10.1 Å². The van der Waals surface area contributed by atoms with E-state index in [0.29, 0.717) is 10.8 Å². The maximum atomic E-state index is 11.9. The van der Waals surface area contributed by atoms with Crippen LogP contribution in [0.4, 0.5) is 5.69 Å².